The molecule has 1 fully saturated rings. The number of aromatic nitrogens is 1. The lowest BCUT2D eigenvalue weighted by atomic mass is 10.1. The summed E-state index contributed by atoms with van der Waals surface area (Å²) < 4.78 is 0. The van der Waals surface area contributed by atoms with Gasteiger partial charge in [0.15, 0.2) is 0 Å². The SMILES string of the molecule is Cc1ccc([C@@H](O)CN2CC[C@@H](Nc3ccc([N+](=O)[O-])cn3)C2)cc1. The van der Waals surface area contributed by atoms with Crippen LogP contribution in [0.3, 0.4) is 0 Å². The zero-order valence-corrected chi connectivity index (χ0v) is 14.1. The molecule has 2 heterocycles. The van der Waals surface area contributed by atoms with Crippen molar-refractivity contribution in [2.24, 2.45) is 0 Å². The molecule has 1 aliphatic heterocycles. The molecule has 0 saturated carbocycles. The number of aliphatic hydroxyl groups is 1. The molecule has 0 amide bonds. The van der Waals surface area contributed by atoms with Gasteiger partial charge in [-0.2, -0.15) is 0 Å². The van der Waals surface area contributed by atoms with Crippen LogP contribution in [0, 0.1) is 17.0 Å². The van der Waals surface area contributed by atoms with E-state index in [1.807, 2.05) is 31.2 Å². The first-order valence-corrected chi connectivity index (χ1v) is 8.35. The Kier molecular flexibility index (Phi) is 5.25. The number of hydrogen-bond acceptors (Lipinski definition) is 6. The molecule has 2 N–H and O–H groups in total. The molecule has 1 aliphatic rings. The maximum atomic E-state index is 10.7. The summed E-state index contributed by atoms with van der Waals surface area (Å²) in [5.74, 6) is 0.636. The molecular formula is C18H22N4O3. The first kappa shape index (κ1) is 17.3. The Balaban J connectivity index is 1.51. The fraction of sp³-hybridized carbons (Fsp3) is 0.389. The summed E-state index contributed by atoms with van der Waals surface area (Å²) >= 11 is 0. The molecule has 1 aromatic heterocycles. The molecule has 2 atom stereocenters. The van der Waals surface area contributed by atoms with Crippen molar-refractivity contribution in [1.29, 1.82) is 0 Å². The van der Waals surface area contributed by atoms with E-state index in [1.165, 1.54) is 17.8 Å². The van der Waals surface area contributed by atoms with Crippen LogP contribution >= 0.6 is 0 Å². The number of benzene rings is 1. The minimum Gasteiger partial charge on any atom is -0.387 e. The van der Waals surface area contributed by atoms with Crippen LogP contribution in [0.25, 0.3) is 0 Å². The highest BCUT2D eigenvalue weighted by Crippen LogP contribution is 2.20. The Morgan fingerprint density at radius 1 is 1.36 bits per heavy atom. The lowest BCUT2D eigenvalue weighted by Gasteiger charge is -2.21. The summed E-state index contributed by atoms with van der Waals surface area (Å²) in [4.78, 5) is 16.5. The fourth-order valence-corrected chi connectivity index (χ4v) is 3.04. The van der Waals surface area contributed by atoms with Crippen LogP contribution in [0.5, 0.6) is 0 Å². The Morgan fingerprint density at radius 3 is 2.76 bits per heavy atom. The van der Waals surface area contributed by atoms with Crippen LogP contribution in [0.15, 0.2) is 42.6 Å². The second kappa shape index (κ2) is 7.58. The summed E-state index contributed by atoms with van der Waals surface area (Å²) in [6, 6.07) is 11.2. The molecule has 3 rings (SSSR count). The van der Waals surface area contributed by atoms with Gasteiger partial charge >= 0.3 is 0 Å². The van der Waals surface area contributed by atoms with Crippen molar-refractivity contribution in [3.63, 3.8) is 0 Å². The number of likely N-dealkylation sites (tertiary alicyclic amines) is 1. The summed E-state index contributed by atoms with van der Waals surface area (Å²) in [6.45, 7) is 4.32. The lowest BCUT2D eigenvalue weighted by Crippen LogP contribution is -2.30. The Morgan fingerprint density at radius 2 is 2.12 bits per heavy atom. The van der Waals surface area contributed by atoms with Gasteiger partial charge in [-0.1, -0.05) is 29.8 Å². The molecule has 1 aromatic carbocycles. The quantitative estimate of drug-likeness (QED) is 0.619. The molecule has 2 aromatic rings. The zero-order valence-electron chi connectivity index (χ0n) is 14.1. The topological polar surface area (TPSA) is 91.5 Å². The Hall–Kier alpha value is -2.51. The van der Waals surface area contributed by atoms with E-state index in [1.54, 1.807) is 6.07 Å². The monoisotopic (exact) mass is 342 g/mol. The van der Waals surface area contributed by atoms with Crippen LogP contribution in [0.2, 0.25) is 0 Å². The smallest absolute Gasteiger partial charge is 0.287 e. The number of β-amino-alcohol motifs (C(OH)–C–C–N with tert-alkyl or cyclic N) is 1. The van der Waals surface area contributed by atoms with Crippen LogP contribution in [-0.4, -0.2) is 45.6 Å². The van der Waals surface area contributed by atoms with E-state index in [0.29, 0.717) is 12.4 Å². The maximum Gasteiger partial charge on any atom is 0.287 e. The van der Waals surface area contributed by atoms with Crippen LogP contribution in [0.4, 0.5) is 11.5 Å². The minimum absolute atomic E-state index is 0.0141. The third-order valence-corrected chi connectivity index (χ3v) is 4.48. The molecule has 1 saturated heterocycles. The number of nitrogens with one attached hydrogen (secondary N) is 1. The van der Waals surface area contributed by atoms with Crippen molar-refractivity contribution in [3.8, 4) is 0 Å². The van der Waals surface area contributed by atoms with Gasteiger partial charge in [-0.15, -0.1) is 0 Å². The molecule has 0 bridgehead atoms. The lowest BCUT2D eigenvalue weighted by molar-refractivity contribution is -0.385. The van der Waals surface area contributed by atoms with Crippen molar-refractivity contribution < 1.29 is 10.0 Å². The zero-order chi connectivity index (χ0) is 17.8. The van der Waals surface area contributed by atoms with Crippen LogP contribution in [-0.2, 0) is 0 Å². The molecule has 0 aliphatic carbocycles. The number of pyridine rings is 1. The van der Waals surface area contributed by atoms with Crippen molar-refractivity contribution >= 4 is 11.5 Å². The third kappa shape index (κ3) is 4.52. The second-order valence-corrected chi connectivity index (χ2v) is 6.47. The summed E-state index contributed by atoms with van der Waals surface area (Å²) in [5.41, 5.74) is 2.09. The average molecular weight is 342 g/mol. The van der Waals surface area contributed by atoms with E-state index in [9.17, 15) is 15.2 Å². The predicted molar refractivity (Wildman–Crippen MR) is 95.5 cm³/mol. The molecule has 0 spiro atoms. The normalized spacial score (nSPS) is 18.9. The standard InChI is InChI=1S/C18H22N4O3/c1-13-2-4-14(5-3-13)17(23)12-21-9-8-15(11-21)20-18-7-6-16(10-19-18)22(24)25/h2-7,10,15,17,23H,8-9,11-12H2,1H3,(H,19,20)/t15-,17+/m1/s1. The first-order valence-electron chi connectivity index (χ1n) is 8.35. The van der Waals surface area contributed by atoms with E-state index in [4.69, 9.17) is 0 Å². The number of aliphatic hydroxyl groups excluding tert-OH is 1. The summed E-state index contributed by atoms with van der Waals surface area (Å²) in [5, 5.41) is 24.3. The second-order valence-electron chi connectivity index (χ2n) is 6.47. The van der Waals surface area contributed by atoms with Crippen molar-refractivity contribution in [2.45, 2.75) is 25.5 Å². The van der Waals surface area contributed by atoms with Crippen LogP contribution in [0.1, 0.15) is 23.7 Å². The fourth-order valence-electron chi connectivity index (χ4n) is 3.04. The van der Waals surface area contributed by atoms with E-state index in [0.717, 1.165) is 25.1 Å². The van der Waals surface area contributed by atoms with Crippen LogP contribution < -0.4 is 5.32 Å². The molecule has 25 heavy (non-hydrogen) atoms. The van der Waals surface area contributed by atoms with Gasteiger partial charge in [-0.05, 0) is 25.0 Å². The maximum absolute atomic E-state index is 10.7. The molecule has 7 heteroatoms. The van der Waals surface area contributed by atoms with Gasteiger partial charge in [-0.3, -0.25) is 15.0 Å². The number of aryl methyl sites for hydroxylation is 1. The average Bonchev–Trinajstić information content (AvgIpc) is 3.02. The van der Waals surface area contributed by atoms with Gasteiger partial charge in [-0.25, -0.2) is 4.98 Å². The minimum atomic E-state index is -0.503. The van der Waals surface area contributed by atoms with Gasteiger partial charge in [0.1, 0.15) is 12.0 Å². The third-order valence-electron chi connectivity index (χ3n) is 4.48. The van der Waals surface area contributed by atoms with Crippen molar-refractivity contribution in [1.82, 2.24) is 9.88 Å². The molecule has 7 nitrogen and oxygen atoms in total. The Bertz CT molecular complexity index is 718. The number of nitrogens with zero attached hydrogens (tertiary/aromatic N) is 3. The summed E-state index contributed by atoms with van der Waals surface area (Å²) in [6.07, 6.45) is 1.70. The molecule has 0 unspecified atom stereocenters. The number of nitro groups is 1. The van der Waals surface area contributed by atoms with Crippen molar-refractivity contribution in [2.75, 3.05) is 25.0 Å². The van der Waals surface area contributed by atoms with Crippen molar-refractivity contribution in [3.05, 3.63) is 63.8 Å². The highest BCUT2D eigenvalue weighted by Gasteiger charge is 2.24. The Labute approximate surface area is 146 Å². The molecule has 0 radical (unpaired) electrons. The molecular weight excluding hydrogens is 320 g/mol. The van der Waals surface area contributed by atoms with Gasteiger partial charge in [0.2, 0.25) is 0 Å². The highest BCUT2D eigenvalue weighted by atomic mass is 16.6. The van der Waals surface area contributed by atoms with E-state index >= 15 is 0 Å². The van der Waals surface area contributed by atoms with Gasteiger partial charge in [0, 0.05) is 31.7 Å². The number of rotatable bonds is 6. The van der Waals surface area contributed by atoms with E-state index in [-0.39, 0.29) is 11.7 Å². The van der Waals surface area contributed by atoms with Gasteiger partial charge < -0.3 is 10.4 Å². The number of anilines is 1. The number of hydrogen-bond donors (Lipinski definition) is 2. The van der Waals surface area contributed by atoms with E-state index < -0.39 is 11.0 Å². The van der Waals surface area contributed by atoms with E-state index in [2.05, 4.69) is 15.2 Å². The molecule has 132 valence electrons. The van der Waals surface area contributed by atoms with Gasteiger partial charge in [0.05, 0.1) is 11.0 Å². The van der Waals surface area contributed by atoms with Gasteiger partial charge in [0.25, 0.3) is 5.69 Å². The predicted octanol–water partition coefficient (Wildman–Crippen LogP) is 2.52. The largest absolute Gasteiger partial charge is 0.387 e. The first-order chi connectivity index (χ1) is 12.0. The summed E-state index contributed by atoms with van der Waals surface area (Å²) in [7, 11) is 0. The highest BCUT2D eigenvalue weighted by molar-refractivity contribution is 5.41.